The second-order valence-electron chi connectivity index (χ2n) is 7.43. The van der Waals surface area contributed by atoms with Gasteiger partial charge in [0.25, 0.3) is 0 Å². The van der Waals surface area contributed by atoms with Gasteiger partial charge in [0.1, 0.15) is 22.0 Å². The number of aliphatic hydroxyl groups is 1. The van der Waals surface area contributed by atoms with Gasteiger partial charge in [0, 0.05) is 24.7 Å². The van der Waals surface area contributed by atoms with Gasteiger partial charge in [-0.15, -0.1) is 0 Å². The number of hydrogen-bond acceptors (Lipinski definition) is 5. The average Bonchev–Trinajstić information content (AvgIpc) is 3.41. The van der Waals surface area contributed by atoms with Crippen molar-refractivity contribution in [3.8, 4) is 11.3 Å². The van der Waals surface area contributed by atoms with Gasteiger partial charge in [-0.3, -0.25) is 4.90 Å². The number of aliphatic hydroxyl groups excluding tert-OH is 1. The van der Waals surface area contributed by atoms with Crippen molar-refractivity contribution < 1.29 is 5.11 Å². The zero-order valence-corrected chi connectivity index (χ0v) is 17.7. The fourth-order valence-electron chi connectivity index (χ4n) is 3.46. The van der Waals surface area contributed by atoms with Gasteiger partial charge in [0.15, 0.2) is 0 Å². The van der Waals surface area contributed by atoms with Crippen LogP contribution in [-0.2, 0) is 7.05 Å². The quantitative estimate of drug-likeness (QED) is 0.610. The molecule has 3 aromatic rings. The Labute approximate surface area is 174 Å². The van der Waals surface area contributed by atoms with Gasteiger partial charge in [-0.2, -0.15) is 0 Å². The highest BCUT2D eigenvalue weighted by Crippen LogP contribution is 2.50. The largest absolute Gasteiger partial charge is 0.378 e. The molecule has 0 aliphatic heterocycles. The molecule has 1 aromatic carbocycles. The second kappa shape index (κ2) is 7.87. The Hall–Kier alpha value is -1.86. The van der Waals surface area contributed by atoms with E-state index in [9.17, 15) is 5.11 Å². The molecule has 1 N–H and O–H groups in total. The predicted octanol–water partition coefficient (Wildman–Crippen LogP) is 4.27. The van der Waals surface area contributed by atoms with Crippen molar-refractivity contribution in [2.75, 3.05) is 14.1 Å². The van der Waals surface area contributed by atoms with Crippen molar-refractivity contribution >= 4 is 23.4 Å². The Kier molecular flexibility index (Phi) is 5.47. The summed E-state index contributed by atoms with van der Waals surface area (Å²) in [5.74, 6) is 0.750. The molecule has 3 atom stereocenters. The maximum absolute atomic E-state index is 10.2. The molecule has 4 rings (SSSR count). The Morgan fingerprint density at radius 3 is 2.57 bits per heavy atom. The molecule has 5 nitrogen and oxygen atoms in total. The number of hydrogen-bond donors (Lipinski definition) is 1. The lowest BCUT2D eigenvalue weighted by atomic mass is 10.0. The summed E-state index contributed by atoms with van der Waals surface area (Å²) in [7, 11) is 5.82. The van der Waals surface area contributed by atoms with Crippen LogP contribution in [0.1, 0.15) is 17.9 Å². The third-order valence-electron chi connectivity index (χ3n) is 5.15. The summed E-state index contributed by atoms with van der Waals surface area (Å²) < 4.78 is 2.01. The molecule has 7 heteroatoms. The molecule has 2 heterocycles. The molecule has 1 aliphatic rings. The molecule has 0 bridgehead atoms. The van der Waals surface area contributed by atoms with E-state index in [1.807, 2.05) is 49.1 Å². The molecule has 0 amide bonds. The number of imidazole rings is 1. The third-order valence-corrected chi connectivity index (χ3v) is 6.50. The summed E-state index contributed by atoms with van der Waals surface area (Å²) in [5.41, 5.74) is 3.29. The summed E-state index contributed by atoms with van der Waals surface area (Å²) in [6.07, 6.45) is 4.13. The van der Waals surface area contributed by atoms with Gasteiger partial charge in [0.05, 0.1) is 11.3 Å². The molecular weight excluding hydrogens is 392 g/mol. The number of rotatable bonds is 6. The molecule has 28 heavy (non-hydrogen) atoms. The number of aromatic nitrogens is 3. The number of aryl methyl sites for hydroxylation is 1. The molecule has 2 unspecified atom stereocenters. The van der Waals surface area contributed by atoms with Crippen LogP contribution in [-0.4, -0.2) is 44.9 Å². The van der Waals surface area contributed by atoms with Crippen LogP contribution in [0.5, 0.6) is 0 Å². The van der Waals surface area contributed by atoms with E-state index < -0.39 is 0 Å². The lowest BCUT2D eigenvalue weighted by Crippen LogP contribution is -2.29. The molecule has 146 valence electrons. The minimum atomic E-state index is -0.379. The minimum Gasteiger partial charge on any atom is -0.378 e. The molecule has 0 saturated heterocycles. The lowest BCUT2D eigenvalue weighted by molar-refractivity contribution is 0.0200. The van der Waals surface area contributed by atoms with E-state index in [0.717, 1.165) is 27.7 Å². The predicted molar refractivity (Wildman–Crippen MR) is 113 cm³/mol. The average molecular weight is 415 g/mol. The van der Waals surface area contributed by atoms with E-state index in [4.69, 9.17) is 11.6 Å². The van der Waals surface area contributed by atoms with E-state index in [2.05, 4.69) is 34.2 Å². The first-order valence-corrected chi connectivity index (χ1v) is 10.4. The normalized spacial score (nSPS) is 19.8. The van der Waals surface area contributed by atoms with E-state index in [1.54, 1.807) is 18.0 Å². The van der Waals surface area contributed by atoms with Gasteiger partial charge in [-0.05, 0) is 55.9 Å². The van der Waals surface area contributed by atoms with Gasteiger partial charge in [-0.1, -0.05) is 35.9 Å². The Balaban J connectivity index is 1.53. The van der Waals surface area contributed by atoms with Crippen molar-refractivity contribution in [2.45, 2.75) is 28.6 Å². The highest BCUT2D eigenvalue weighted by molar-refractivity contribution is 7.99. The van der Waals surface area contributed by atoms with Gasteiger partial charge in [-0.25, -0.2) is 9.97 Å². The van der Waals surface area contributed by atoms with Crippen molar-refractivity contribution in [1.29, 1.82) is 0 Å². The minimum absolute atomic E-state index is 0.317. The number of benzene rings is 1. The second-order valence-corrected chi connectivity index (χ2v) is 8.88. The van der Waals surface area contributed by atoms with Crippen molar-refractivity contribution in [3.05, 3.63) is 59.5 Å². The van der Waals surface area contributed by atoms with E-state index in [0.29, 0.717) is 16.9 Å². The summed E-state index contributed by atoms with van der Waals surface area (Å²) in [5, 5.41) is 12.8. The van der Waals surface area contributed by atoms with Crippen molar-refractivity contribution in [3.63, 3.8) is 0 Å². The molecule has 1 fully saturated rings. The van der Waals surface area contributed by atoms with Crippen LogP contribution in [0.15, 0.2) is 59.0 Å². The van der Waals surface area contributed by atoms with Crippen LogP contribution in [0.4, 0.5) is 0 Å². The van der Waals surface area contributed by atoms with Crippen LogP contribution < -0.4 is 0 Å². The monoisotopic (exact) mass is 414 g/mol. The zero-order valence-electron chi connectivity index (χ0n) is 16.1. The summed E-state index contributed by atoms with van der Waals surface area (Å²) >= 11 is 7.51. The summed E-state index contributed by atoms with van der Waals surface area (Å²) in [6, 6.07) is 12.3. The maximum atomic E-state index is 10.2. The third kappa shape index (κ3) is 3.96. The molecule has 0 radical (unpaired) electrons. The van der Waals surface area contributed by atoms with Crippen LogP contribution in [0.2, 0.25) is 5.02 Å². The van der Waals surface area contributed by atoms with Gasteiger partial charge >= 0.3 is 0 Å². The molecular formula is C21H23ClN4OS. The Morgan fingerprint density at radius 2 is 1.93 bits per heavy atom. The van der Waals surface area contributed by atoms with E-state index in [-0.39, 0.29) is 6.23 Å². The first-order valence-electron chi connectivity index (χ1n) is 9.19. The van der Waals surface area contributed by atoms with Gasteiger partial charge in [0.2, 0.25) is 0 Å². The standard InChI is InChI=1S/C21H23ClN4OS/c1-25(2)20(27)17-10-16(17)13-4-6-14(7-5-13)19-21(26(3)12-24-19)28-18-9-8-15(22)11-23-18/h4-9,11-12,16-17,20,27H,10H2,1-3H3/t16?,17?,20-/m1/s1. The summed E-state index contributed by atoms with van der Waals surface area (Å²) in [4.78, 5) is 10.8. The SMILES string of the molecule is CN(C)[C@H](O)C1CC1c1ccc(-c2ncn(C)c2Sc2ccc(Cl)cn2)cc1. The molecule has 1 aliphatic carbocycles. The first-order chi connectivity index (χ1) is 13.4. The Bertz CT molecular complexity index is 956. The molecule has 0 spiro atoms. The number of halogens is 1. The smallest absolute Gasteiger partial charge is 0.110 e. The van der Waals surface area contributed by atoms with Crippen LogP contribution in [0, 0.1) is 5.92 Å². The van der Waals surface area contributed by atoms with Crippen LogP contribution >= 0.6 is 23.4 Å². The fourth-order valence-corrected chi connectivity index (χ4v) is 4.47. The number of nitrogens with zero attached hydrogens (tertiary/aromatic N) is 4. The molecule has 2 aromatic heterocycles. The maximum Gasteiger partial charge on any atom is 0.110 e. The van der Waals surface area contributed by atoms with E-state index in [1.165, 1.54) is 5.56 Å². The zero-order chi connectivity index (χ0) is 19.8. The van der Waals surface area contributed by atoms with Crippen molar-refractivity contribution in [2.24, 2.45) is 13.0 Å². The Morgan fingerprint density at radius 1 is 1.18 bits per heavy atom. The number of pyridine rings is 1. The molecule has 1 saturated carbocycles. The van der Waals surface area contributed by atoms with Gasteiger partial charge < -0.3 is 9.67 Å². The van der Waals surface area contributed by atoms with Crippen LogP contribution in [0.25, 0.3) is 11.3 Å². The van der Waals surface area contributed by atoms with Crippen LogP contribution in [0.3, 0.4) is 0 Å². The highest BCUT2D eigenvalue weighted by Gasteiger charge is 2.44. The van der Waals surface area contributed by atoms with Crippen molar-refractivity contribution in [1.82, 2.24) is 19.4 Å². The first kappa shape index (κ1) is 19.5. The lowest BCUT2D eigenvalue weighted by Gasteiger charge is -2.18. The summed E-state index contributed by atoms with van der Waals surface area (Å²) in [6.45, 7) is 0. The van der Waals surface area contributed by atoms with E-state index >= 15 is 0 Å². The topological polar surface area (TPSA) is 54.2 Å². The highest BCUT2D eigenvalue weighted by atomic mass is 35.5. The fraction of sp³-hybridized carbons (Fsp3) is 0.333.